The zero-order valence-electron chi connectivity index (χ0n) is 9.88. The Balaban J connectivity index is 1.79. The summed E-state index contributed by atoms with van der Waals surface area (Å²) in [5, 5.41) is 8.41. The number of carbonyl (C=O) groups is 1. The van der Waals surface area contributed by atoms with Crippen LogP contribution in [0.5, 0.6) is 0 Å². The number of rotatable bonds is 6. The highest BCUT2D eigenvalue weighted by molar-refractivity contribution is 8.00. The van der Waals surface area contributed by atoms with Gasteiger partial charge in [0.15, 0.2) is 0 Å². The standard InChI is InChI=1S/C11H13N3O2S2/c1-2-17-11-13-9(7-18-11)5-10(15)12-6-8-3-4-16-14-8/h3-4,7H,2,5-6H2,1H3,(H,12,15). The van der Waals surface area contributed by atoms with Gasteiger partial charge in [0.05, 0.1) is 18.7 Å². The number of aromatic nitrogens is 2. The van der Waals surface area contributed by atoms with Crippen LogP contribution in [0.15, 0.2) is 26.6 Å². The summed E-state index contributed by atoms with van der Waals surface area (Å²) in [5.41, 5.74) is 1.53. The number of nitrogens with one attached hydrogen (secondary N) is 1. The third kappa shape index (κ3) is 3.85. The Morgan fingerprint density at radius 1 is 1.56 bits per heavy atom. The van der Waals surface area contributed by atoms with Crippen LogP contribution in [0.3, 0.4) is 0 Å². The van der Waals surface area contributed by atoms with Crippen molar-refractivity contribution in [2.24, 2.45) is 0 Å². The van der Waals surface area contributed by atoms with Crippen LogP contribution < -0.4 is 5.32 Å². The first-order valence-electron chi connectivity index (χ1n) is 5.51. The van der Waals surface area contributed by atoms with E-state index in [-0.39, 0.29) is 5.91 Å². The maximum atomic E-state index is 11.7. The number of hydrogen-bond donors (Lipinski definition) is 1. The van der Waals surface area contributed by atoms with Gasteiger partial charge in [-0.25, -0.2) is 4.98 Å². The first kappa shape index (κ1) is 13.1. The number of thiazole rings is 1. The molecule has 0 unspecified atom stereocenters. The van der Waals surface area contributed by atoms with Crippen LogP contribution in [-0.2, 0) is 17.8 Å². The van der Waals surface area contributed by atoms with Crippen molar-refractivity contribution in [1.29, 1.82) is 0 Å². The summed E-state index contributed by atoms with van der Waals surface area (Å²) >= 11 is 3.26. The normalized spacial score (nSPS) is 10.5. The van der Waals surface area contributed by atoms with Gasteiger partial charge in [0.2, 0.25) is 5.91 Å². The Morgan fingerprint density at radius 3 is 3.17 bits per heavy atom. The molecule has 0 aliphatic carbocycles. The van der Waals surface area contributed by atoms with Crippen molar-refractivity contribution in [3.05, 3.63) is 29.1 Å². The summed E-state index contributed by atoms with van der Waals surface area (Å²) < 4.78 is 5.69. The molecule has 0 aromatic carbocycles. The van der Waals surface area contributed by atoms with Crippen LogP contribution in [0.4, 0.5) is 0 Å². The summed E-state index contributed by atoms with van der Waals surface area (Å²) in [5.74, 6) is 0.932. The molecule has 2 rings (SSSR count). The fraction of sp³-hybridized carbons (Fsp3) is 0.364. The highest BCUT2D eigenvalue weighted by Gasteiger charge is 2.08. The second-order valence-electron chi connectivity index (χ2n) is 3.48. The lowest BCUT2D eigenvalue weighted by molar-refractivity contribution is -0.120. The maximum Gasteiger partial charge on any atom is 0.226 e. The van der Waals surface area contributed by atoms with Crippen LogP contribution in [0.2, 0.25) is 0 Å². The van der Waals surface area contributed by atoms with Gasteiger partial charge >= 0.3 is 0 Å². The third-order valence-electron chi connectivity index (χ3n) is 2.10. The lowest BCUT2D eigenvalue weighted by Gasteiger charge is -2.00. The van der Waals surface area contributed by atoms with Crippen LogP contribution >= 0.6 is 23.1 Å². The van der Waals surface area contributed by atoms with Crippen LogP contribution in [0.1, 0.15) is 18.3 Å². The van der Waals surface area contributed by atoms with E-state index in [4.69, 9.17) is 0 Å². The molecule has 1 amide bonds. The van der Waals surface area contributed by atoms with Crippen LogP contribution in [-0.4, -0.2) is 21.8 Å². The van der Waals surface area contributed by atoms with E-state index < -0.39 is 0 Å². The minimum absolute atomic E-state index is 0.0589. The van der Waals surface area contributed by atoms with Gasteiger partial charge in [-0.05, 0) is 5.75 Å². The smallest absolute Gasteiger partial charge is 0.226 e. The molecule has 7 heteroatoms. The summed E-state index contributed by atoms with van der Waals surface area (Å²) in [6.07, 6.45) is 1.79. The van der Waals surface area contributed by atoms with E-state index in [1.807, 2.05) is 5.38 Å². The molecule has 2 aromatic heterocycles. The van der Waals surface area contributed by atoms with Gasteiger partial charge < -0.3 is 9.84 Å². The maximum absolute atomic E-state index is 11.7. The van der Waals surface area contributed by atoms with Crippen molar-refractivity contribution in [1.82, 2.24) is 15.5 Å². The Hall–Kier alpha value is -1.34. The molecule has 2 heterocycles. The van der Waals surface area contributed by atoms with Crippen LogP contribution in [0, 0.1) is 0 Å². The highest BCUT2D eigenvalue weighted by atomic mass is 32.2. The van der Waals surface area contributed by atoms with Gasteiger partial charge in [0, 0.05) is 11.4 Å². The zero-order valence-corrected chi connectivity index (χ0v) is 11.5. The molecule has 0 aliphatic rings. The van der Waals surface area contributed by atoms with E-state index in [0.717, 1.165) is 15.8 Å². The van der Waals surface area contributed by atoms with Crippen molar-refractivity contribution in [3.8, 4) is 0 Å². The second-order valence-corrected chi connectivity index (χ2v) is 5.85. The van der Waals surface area contributed by atoms with E-state index in [1.165, 1.54) is 6.26 Å². The van der Waals surface area contributed by atoms with Crippen molar-refractivity contribution in [2.45, 2.75) is 24.2 Å². The molecule has 0 spiro atoms. The molecule has 0 bridgehead atoms. The van der Waals surface area contributed by atoms with E-state index in [1.54, 1.807) is 29.2 Å². The fourth-order valence-corrected chi connectivity index (χ4v) is 3.05. The zero-order chi connectivity index (χ0) is 12.8. The summed E-state index contributed by atoms with van der Waals surface area (Å²) in [6, 6.07) is 1.72. The number of thioether (sulfide) groups is 1. The van der Waals surface area contributed by atoms with E-state index in [2.05, 4.69) is 26.9 Å². The molecule has 0 fully saturated rings. The second kappa shape index (κ2) is 6.55. The average molecular weight is 283 g/mol. The molecular formula is C11H13N3O2S2. The first-order valence-corrected chi connectivity index (χ1v) is 7.37. The predicted molar refractivity (Wildman–Crippen MR) is 70.6 cm³/mol. The van der Waals surface area contributed by atoms with Gasteiger partial charge in [-0.15, -0.1) is 11.3 Å². The molecule has 1 N–H and O–H groups in total. The molecule has 2 aromatic rings. The van der Waals surface area contributed by atoms with Gasteiger partial charge in [0.1, 0.15) is 16.3 Å². The Labute approximate surface area is 113 Å². The molecular weight excluding hydrogens is 270 g/mol. The molecule has 0 saturated heterocycles. The van der Waals surface area contributed by atoms with E-state index >= 15 is 0 Å². The van der Waals surface area contributed by atoms with Gasteiger partial charge in [-0.3, -0.25) is 4.79 Å². The van der Waals surface area contributed by atoms with Gasteiger partial charge in [0.25, 0.3) is 0 Å². The number of hydrogen-bond acceptors (Lipinski definition) is 6. The fourth-order valence-electron chi connectivity index (χ4n) is 1.30. The average Bonchev–Trinajstić information content (AvgIpc) is 2.99. The Bertz CT molecular complexity index is 496. The minimum atomic E-state index is -0.0589. The lowest BCUT2D eigenvalue weighted by Crippen LogP contribution is -2.24. The Morgan fingerprint density at radius 2 is 2.44 bits per heavy atom. The molecule has 18 heavy (non-hydrogen) atoms. The largest absolute Gasteiger partial charge is 0.364 e. The molecule has 96 valence electrons. The molecule has 0 saturated carbocycles. The Kier molecular flexibility index (Phi) is 4.77. The van der Waals surface area contributed by atoms with Crippen LogP contribution in [0.25, 0.3) is 0 Å². The lowest BCUT2D eigenvalue weighted by atomic mass is 10.3. The van der Waals surface area contributed by atoms with Crippen molar-refractivity contribution >= 4 is 29.0 Å². The SMILES string of the molecule is CCSc1nc(CC(=O)NCc2ccon2)cs1. The number of nitrogens with zero attached hydrogens (tertiary/aromatic N) is 2. The van der Waals surface area contributed by atoms with E-state index in [0.29, 0.717) is 18.7 Å². The molecule has 0 atom stereocenters. The minimum Gasteiger partial charge on any atom is -0.364 e. The van der Waals surface area contributed by atoms with Gasteiger partial charge in [-0.1, -0.05) is 23.8 Å². The predicted octanol–water partition coefficient (Wildman–Crippen LogP) is 2.10. The van der Waals surface area contributed by atoms with Crippen molar-refractivity contribution in [3.63, 3.8) is 0 Å². The molecule has 5 nitrogen and oxygen atoms in total. The monoisotopic (exact) mass is 283 g/mol. The first-order chi connectivity index (χ1) is 8.78. The van der Waals surface area contributed by atoms with Crippen molar-refractivity contribution < 1.29 is 9.32 Å². The summed E-state index contributed by atoms with van der Waals surface area (Å²) in [6.45, 7) is 2.46. The third-order valence-corrected chi connectivity index (χ3v) is 4.05. The van der Waals surface area contributed by atoms with Crippen molar-refractivity contribution in [2.75, 3.05) is 5.75 Å². The number of carbonyl (C=O) groups excluding carboxylic acids is 1. The topological polar surface area (TPSA) is 68.0 Å². The number of amides is 1. The molecule has 0 radical (unpaired) electrons. The van der Waals surface area contributed by atoms with Gasteiger partial charge in [-0.2, -0.15) is 0 Å². The van der Waals surface area contributed by atoms with E-state index in [9.17, 15) is 4.79 Å². The summed E-state index contributed by atoms with van der Waals surface area (Å²) in [7, 11) is 0. The highest BCUT2D eigenvalue weighted by Crippen LogP contribution is 2.22. The summed E-state index contributed by atoms with van der Waals surface area (Å²) in [4.78, 5) is 16.0. The molecule has 0 aliphatic heterocycles. The quantitative estimate of drug-likeness (QED) is 0.822.